The maximum Gasteiger partial charge on any atom is 0.343 e. The molecular formula is C68H96O10. The second kappa shape index (κ2) is 26.3. The number of carbonyl (C=O) groups is 2. The van der Waals surface area contributed by atoms with Gasteiger partial charge in [0.05, 0.1) is 7.11 Å². The number of esters is 1. The van der Waals surface area contributed by atoms with E-state index in [-0.39, 0.29) is 36.0 Å². The molecule has 0 bridgehead atoms. The topological polar surface area (TPSA) is 130 Å². The number of allylic oxidation sites excluding steroid dienone is 6. The maximum absolute atomic E-state index is 11.7. The van der Waals surface area contributed by atoms with E-state index in [1.54, 1.807) is 0 Å². The summed E-state index contributed by atoms with van der Waals surface area (Å²) in [5.74, 6) is 5.57. The number of unbranched alkanes of at least 4 members (excludes halogenated alkanes) is 6. The minimum atomic E-state index is -0.950. The molecule has 0 amide bonds. The van der Waals surface area contributed by atoms with Gasteiger partial charge in [0, 0.05) is 52.2 Å². The number of rotatable bonds is 18. The number of phenols is 1. The van der Waals surface area contributed by atoms with Crippen molar-refractivity contribution in [3.63, 3.8) is 0 Å². The summed E-state index contributed by atoms with van der Waals surface area (Å²) in [5.41, 5.74) is 10.4. The molecule has 10 nitrogen and oxygen atoms in total. The van der Waals surface area contributed by atoms with E-state index in [0.717, 1.165) is 110 Å². The molecule has 6 atom stereocenters. The first kappa shape index (κ1) is 60.3. The number of ether oxygens (including phenoxy) is 6. The van der Waals surface area contributed by atoms with E-state index in [4.69, 9.17) is 33.5 Å². The zero-order valence-electron chi connectivity index (χ0n) is 50.0. The van der Waals surface area contributed by atoms with Gasteiger partial charge in [-0.1, -0.05) is 94.2 Å². The Morgan fingerprint density at radius 2 is 0.872 bits per heavy atom. The highest BCUT2D eigenvalue weighted by Crippen LogP contribution is 2.57. The van der Waals surface area contributed by atoms with Crippen LogP contribution in [0.1, 0.15) is 231 Å². The normalized spacial score (nSPS) is 23.4. The zero-order chi connectivity index (χ0) is 56.5. The van der Waals surface area contributed by atoms with Crippen LogP contribution < -0.4 is 23.7 Å². The van der Waals surface area contributed by atoms with Crippen molar-refractivity contribution in [1.82, 2.24) is 0 Å². The van der Waals surface area contributed by atoms with Gasteiger partial charge in [-0.25, -0.2) is 9.59 Å². The molecule has 0 unspecified atom stereocenters. The summed E-state index contributed by atoms with van der Waals surface area (Å²) >= 11 is 0. The first-order valence-corrected chi connectivity index (χ1v) is 29.9. The second-order valence-electron chi connectivity index (χ2n) is 25.2. The molecule has 3 aromatic rings. The molecule has 0 saturated heterocycles. The van der Waals surface area contributed by atoms with E-state index >= 15 is 0 Å². The average molecular weight is 1070 g/mol. The number of carboxylic acids is 1. The van der Waals surface area contributed by atoms with Crippen LogP contribution in [0, 0.1) is 17.8 Å². The molecular weight excluding hydrogens is 977 g/mol. The summed E-state index contributed by atoms with van der Waals surface area (Å²) in [6.45, 7) is 25.9. The van der Waals surface area contributed by atoms with Crippen molar-refractivity contribution in [3.05, 3.63) is 105 Å². The Kier molecular flexibility index (Phi) is 20.3. The monoisotopic (exact) mass is 1070 g/mol. The van der Waals surface area contributed by atoms with E-state index in [2.05, 4.69) is 126 Å². The Balaban J connectivity index is 0.000000170. The number of aliphatic carboxylic acids is 1. The van der Waals surface area contributed by atoms with Gasteiger partial charge in [0.1, 0.15) is 51.3 Å². The Morgan fingerprint density at radius 3 is 1.23 bits per heavy atom. The minimum Gasteiger partial charge on any atom is -0.508 e. The van der Waals surface area contributed by atoms with Crippen LogP contribution in [0.5, 0.6) is 34.5 Å². The minimum absolute atomic E-state index is 0.0725. The summed E-state index contributed by atoms with van der Waals surface area (Å²) in [4.78, 5) is 22.8. The molecule has 2 N–H and O–H groups in total. The molecule has 0 radical (unpaired) electrons. The lowest BCUT2D eigenvalue weighted by Gasteiger charge is -2.47. The van der Waals surface area contributed by atoms with E-state index in [0.29, 0.717) is 47.0 Å². The number of hydrogen-bond donors (Lipinski definition) is 2. The van der Waals surface area contributed by atoms with Crippen molar-refractivity contribution in [2.75, 3.05) is 20.3 Å². The van der Waals surface area contributed by atoms with E-state index in [1.165, 1.54) is 85.5 Å². The number of carboxylic acid groups (broad SMARTS) is 1. The molecule has 428 valence electrons. The summed E-state index contributed by atoms with van der Waals surface area (Å²) in [5, 5.41) is 19.8. The van der Waals surface area contributed by atoms with Gasteiger partial charge >= 0.3 is 11.9 Å². The predicted molar refractivity (Wildman–Crippen MR) is 313 cm³/mol. The lowest BCUT2D eigenvalue weighted by atomic mass is 9.67. The van der Waals surface area contributed by atoms with Crippen molar-refractivity contribution in [2.24, 2.45) is 17.8 Å². The summed E-state index contributed by atoms with van der Waals surface area (Å²) < 4.78 is 35.9. The molecule has 3 aliphatic carbocycles. The molecule has 6 aliphatic rings. The Labute approximate surface area is 468 Å². The van der Waals surface area contributed by atoms with E-state index in [1.807, 2.05) is 12.1 Å². The molecule has 0 fully saturated rings. The number of fused-ring (bicyclic) bond motifs is 9. The van der Waals surface area contributed by atoms with Gasteiger partial charge in [0.25, 0.3) is 0 Å². The van der Waals surface area contributed by atoms with Crippen LogP contribution in [-0.4, -0.2) is 59.3 Å². The fraction of sp³-hybridized carbons (Fsp3) is 0.618. The highest BCUT2D eigenvalue weighted by Gasteiger charge is 2.48. The van der Waals surface area contributed by atoms with Gasteiger partial charge in [-0.2, -0.15) is 0 Å². The Bertz CT molecular complexity index is 2670. The molecule has 9 rings (SSSR count). The smallest absolute Gasteiger partial charge is 0.343 e. The van der Waals surface area contributed by atoms with Crippen LogP contribution in [0.2, 0.25) is 0 Å². The number of carbonyl (C=O) groups excluding carboxylic acids is 1. The predicted octanol–water partition coefficient (Wildman–Crippen LogP) is 16.8. The summed E-state index contributed by atoms with van der Waals surface area (Å²) in [6.07, 6.45) is 26.7. The zero-order valence-corrected chi connectivity index (χ0v) is 50.0. The Morgan fingerprint density at radius 1 is 0.526 bits per heavy atom. The number of benzene rings is 3. The summed E-state index contributed by atoms with van der Waals surface area (Å²) in [6, 6.07) is 12.7. The van der Waals surface area contributed by atoms with Crippen molar-refractivity contribution in [3.8, 4) is 34.5 Å². The van der Waals surface area contributed by atoms with E-state index < -0.39 is 5.97 Å². The van der Waals surface area contributed by atoms with Gasteiger partial charge in [0.2, 0.25) is 0 Å². The largest absolute Gasteiger partial charge is 0.508 e. The van der Waals surface area contributed by atoms with Crippen LogP contribution >= 0.6 is 0 Å². The van der Waals surface area contributed by atoms with Gasteiger partial charge < -0.3 is 38.6 Å². The number of hydrogen-bond acceptors (Lipinski definition) is 9. The number of aromatic hydroxyl groups is 1. The maximum atomic E-state index is 11.7. The molecule has 3 heterocycles. The van der Waals surface area contributed by atoms with Crippen molar-refractivity contribution < 1.29 is 48.2 Å². The molecule has 10 heteroatoms. The fourth-order valence-electron chi connectivity index (χ4n) is 13.6. The van der Waals surface area contributed by atoms with Crippen molar-refractivity contribution >= 4 is 11.9 Å². The molecule has 3 aromatic carbocycles. The second-order valence-corrected chi connectivity index (χ2v) is 25.2. The van der Waals surface area contributed by atoms with Gasteiger partial charge in [-0.05, 0) is 192 Å². The lowest BCUT2D eigenvalue weighted by molar-refractivity contribution is -0.143. The average Bonchev–Trinajstić information content (AvgIpc) is 3.39. The third-order valence-electron chi connectivity index (χ3n) is 17.8. The number of phenolic OH excluding ortho intramolecular Hbond substituents is 1. The number of aryl methyl sites for hydroxylation is 3. The third kappa shape index (κ3) is 14.5. The highest BCUT2D eigenvalue weighted by atomic mass is 16.6. The molecule has 3 aliphatic heterocycles. The van der Waals surface area contributed by atoms with Crippen molar-refractivity contribution in [2.45, 2.75) is 233 Å². The highest BCUT2D eigenvalue weighted by molar-refractivity contribution is 5.71. The van der Waals surface area contributed by atoms with Crippen LogP contribution in [0.15, 0.2) is 71.3 Å². The van der Waals surface area contributed by atoms with Gasteiger partial charge in [-0.15, -0.1) is 0 Å². The third-order valence-corrected chi connectivity index (χ3v) is 17.8. The fourth-order valence-corrected chi connectivity index (χ4v) is 13.6. The lowest BCUT2D eigenvalue weighted by Crippen LogP contribution is -2.45. The van der Waals surface area contributed by atoms with Gasteiger partial charge in [-0.3, -0.25) is 0 Å². The number of methoxy groups -OCH3 is 1. The molecule has 0 aromatic heterocycles. The SMILES string of the molecule is CCCCCc1cc(O)c2c(c1)OC(C)(C)[C@@H]1CC=C(C)C[C@@H]21.CCCCCc1cc(OCC(=O)O)c2c(c1)OC(C)(C)[C@@H]1CC=C(C)C[C@@H]21.CCCCCc1cc(OCC(=O)OC)c2c(c1)OC(C)(C)[C@@H]1CC=C(C)C[C@@H]21. The van der Waals surface area contributed by atoms with Crippen LogP contribution in [0.25, 0.3) is 0 Å². The summed E-state index contributed by atoms with van der Waals surface area (Å²) in [7, 11) is 1.39. The molecule has 0 spiro atoms. The standard InChI is InChI=1S/C24H34O4.C23H32O4.C21H30O2/c1-6-7-8-9-17-13-20(27-15-22(25)26-5)23-18-12-16(2)10-11-19(18)24(3,4)28-21(23)14-17;1-5-6-7-8-16-12-19(26-14-21(24)25)22-17-11-15(2)9-10-18(17)23(3,4)27-20(22)13-16;1-5-6-7-8-15-12-18(22)20-16-11-14(2)9-10-17(16)21(3,4)23-19(20)13-15/h10,13-14,18-19H,6-9,11-12,15H2,1-5H3;9,12-13,17-18H,5-8,10-11,14H2,1-4H3,(H,24,25);9,12-13,16-17,22H,5-8,10-11H2,1-4H3/t18-,19-;17-,18-;16-,17-/m111/s1. The van der Waals surface area contributed by atoms with Crippen LogP contribution in [-0.2, 0) is 33.6 Å². The quantitative estimate of drug-likeness (QED) is 0.0721. The molecule has 0 saturated carbocycles. The molecule has 78 heavy (non-hydrogen) atoms. The van der Waals surface area contributed by atoms with E-state index in [9.17, 15) is 14.7 Å². The van der Waals surface area contributed by atoms with Crippen LogP contribution in [0.4, 0.5) is 0 Å². The first-order valence-electron chi connectivity index (χ1n) is 29.9. The van der Waals surface area contributed by atoms with Crippen molar-refractivity contribution in [1.29, 1.82) is 0 Å². The van der Waals surface area contributed by atoms with Gasteiger partial charge in [0.15, 0.2) is 13.2 Å². The Hall–Kier alpha value is -5.38. The van der Waals surface area contributed by atoms with Crippen LogP contribution in [0.3, 0.4) is 0 Å². The first-order chi connectivity index (χ1) is 37.1.